The number of hydrogen-bond acceptors (Lipinski definition) is 1. The lowest BCUT2D eigenvalue weighted by molar-refractivity contribution is 0.558. The minimum atomic E-state index is 0.372. The second-order valence-electron chi connectivity index (χ2n) is 5.89. The lowest BCUT2D eigenvalue weighted by Gasteiger charge is -2.04. The second-order valence-corrected chi connectivity index (χ2v) is 5.89. The molecule has 1 aliphatic carbocycles. The van der Waals surface area contributed by atoms with Crippen molar-refractivity contribution in [3.05, 3.63) is 36.0 Å². The summed E-state index contributed by atoms with van der Waals surface area (Å²) in [5, 5.41) is 1.34. The molecule has 2 heteroatoms. The van der Waals surface area contributed by atoms with Crippen molar-refractivity contribution in [2.45, 2.75) is 19.8 Å². The highest BCUT2D eigenvalue weighted by Gasteiger charge is 2.57. The molecule has 1 fully saturated rings. The summed E-state index contributed by atoms with van der Waals surface area (Å²) in [7, 11) is 2.09. The minimum absolute atomic E-state index is 0.372. The Kier molecular flexibility index (Phi) is 2.14. The maximum atomic E-state index is 5.85. The molecule has 0 aliphatic heterocycles. The maximum absolute atomic E-state index is 5.85. The molecule has 0 spiro atoms. The molecule has 2 N–H and O–H groups in total. The smallest absolute Gasteiger partial charge is 0.0477 e. The van der Waals surface area contributed by atoms with Crippen LogP contribution in [0.25, 0.3) is 10.9 Å². The highest BCUT2D eigenvalue weighted by molar-refractivity contribution is 5.81. The van der Waals surface area contributed by atoms with Crippen molar-refractivity contribution in [1.82, 2.24) is 4.57 Å². The first-order valence-corrected chi connectivity index (χ1v) is 6.30. The number of nitrogens with zero attached hydrogens (tertiary/aromatic N) is 1. The zero-order valence-corrected chi connectivity index (χ0v) is 10.8. The Morgan fingerprint density at radius 1 is 1.29 bits per heavy atom. The van der Waals surface area contributed by atoms with Gasteiger partial charge >= 0.3 is 0 Å². The first-order chi connectivity index (χ1) is 8.05. The van der Waals surface area contributed by atoms with Crippen LogP contribution in [0.15, 0.2) is 30.5 Å². The molecule has 1 aromatic carbocycles. The van der Waals surface area contributed by atoms with Crippen molar-refractivity contribution < 1.29 is 0 Å². The third kappa shape index (κ3) is 1.44. The van der Waals surface area contributed by atoms with Gasteiger partial charge in [-0.05, 0) is 52.9 Å². The molecule has 90 valence electrons. The Labute approximate surface area is 102 Å². The van der Waals surface area contributed by atoms with Gasteiger partial charge in [-0.2, -0.15) is 0 Å². The third-order valence-electron chi connectivity index (χ3n) is 4.57. The van der Waals surface area contributed by atoms with E-state index >= 15 is 0 Å². The monoisotopic (exact) mass is 228 g/mol. The van der Waals surface area contributed by atoms with E-state index in [0.29, 0.717) is 17.3 Å². The summed E-state index contributed by atoms with van der Waals surface area (Å²) in [6, 6.07) is 9.01. The number of rotatable bonds is 2. The van der Waals surface area contributed by atoms with Gasteiger partial charge in [-0.1, -0.05) is 19.9 Å². The maximum Gasteiger partial charge on any atom is 0.0477 e. The third-order valence-corrected chi connectivity index (χ3v) is 4.57. The molecule has 1 heterocycles. The molecule has 0 saturated heterocycles. The van der Waals surface area contributed by atoms with Gasteiger partial charge in [-0.25, -0.2) is 0 Å². The van der Waals surface area contributed by atoms with Gasteiger partial charge in [-0.3, -0.25) is 0 Å². The number of hydrogen-bond donors (Lipinski definition) is 1. The average molecular weight is 228 g/mol. The SMILES string of the molecule is Cn1ccc2cc([C@H]3[C@H](CN)C3(C)C)ccc21. The fraction of sp³-hybridized carbons (Fsp3) is 0.467. The van der Waals surface area contributed by atoms with Gasteiger partial charge in [0.2, 0.25) is 0 Å². The Morgan fingerprint density at radius 2 is 2.06 bits per heavy atom. The molecule has 2 aromatic rings. The molecule has 2 nitrogen and oxygen atoms in total. The highest BCUT2D eigenvalue weighted by atomic mass is 14.9. The van der Waals surface area contributed by atoms with E-state index in [-0.39, 0.29) is 0 Å². The largest absolute Gasteiger partial charge is 0.351 e. The van der Waals surface area contributed by atoms with Crippen LogP contribution < -0.4 is 5.73 Å². The van der Waals surface area contributed by atoms with Gasteiger partial charge in [0, 0.05) is 18.8 Å². The molecule has 1 saturated carbocycles. The van der Waals surface area contributed by atoms with E-state index in [1.807, 2.05) is 0 Å². The molecule has 0 bridgehead atoms. The van der Waals surface area contributed by atoms with Crippen LogP contribution in [0.1, 0.15) is 25.3 Å². The molecule has 17 heavy (non-hydrogen) atoms. The van der Waals surface area contributed by atoms with Crippen LogP contribution in [0.4, 0.5) is 0 Å². The fourth-order valence-electron chi connectivity index (χ4n) is 3.34. The summed E-state index contributed by atoms with van der Waals surface area (Å²) in [5.74, 6) is 1.28. The molecule has 1 aliphatic rings. The van der Waals surface area contributed by atoms with E-state index in [0.717, 1.165) is 6.54 Å². The Morgan fingerprint density at radius 3 is 2.71 bits per heavy atom. The van der Waals surface area contributed by atoms with Crippen molar-refractivity contribution in [2.24, 2.45) is 24.1 Å². The lowest BCUT2D eigenvalue weighted by Crippen LogP contribution is -2.05. The first kappa shape index (κ1) is 10.8. The van der Waals surface area contributed by atoms with Crippen molar-refractivity contribution in [3.63, 3.8) is 0 Å². The summed E-state index contributed by atoms with van der Waals surface area (Å²) >= 11 is 0. The Balaban J connectivity index is 2.03. The van der Waals surface area contributed by atoms with Crippen LogP contribution in [0.5, 0.6) is 0 Å². The predicted octanol–water partition coefficient (Wildman–Crippen LogP) is 2.88. The van der Waals surface area contributed by atoms with E-state index in [1.165, 1.54) is 16.5 Å². The van der Waals surface area contributed by atoms with Gasteiger partial charge in [-0.15, -0.1) is 0 Å². The number of benzene rings is 1. The van der Waals surface area contributed by atoms with Gasteiger partial charge in [0.05, 0.1) is 0 Å². The molecular formula is C15H20N2. The summed E-state index contributed by atoms with van der Waals surface area (Å²) in [6.45, 7) is 5.44. The standard InChI is InChI=1S/C15H20N2/c1-15(2)12(9-16)14(15)11-4-5-13-10(8-11)6-7-17(13)3/h4-8,12,14H,9,16H2,1-3H3/t12-,14-/m0/s1. The lowest BCUT2D eigenvalue weighted by atomic mass is 10.0. The molecular weight excluding hydrogens is 208 g/mol. The van der Waals surface area contributed by atoms with Crippen LogP contribution in [0.3, 0.4) is 0 Å². The normalized spacial score (nSPS) is 26.4. The number of aromatic nitrogens is 1. The Hall–Kier alpha value is -1.28. The first-order valence-electron chi connectivity index (χ1n) is 6.30. The molecule has 0 amide bonds. The van der Waals surface area contributed by atoms with Crippen LogP contribution in [-0.4, -0.2) is 11.1 Å². The quantitative estimate of drug-likeness (QED) is 0.842. The fourth-order valence-corrected chi connectivity index (χ4v) is 3.34. The van der Waals surface area contributed by atoms with Crippen LogP contribution in [0, 0.1) is 11.3 Å². The van der Waals surface area contributed by atoms with E-state index < -0.39 is 0 Å². The average Bonchev–Trinajstić information content (AvgIpc) is 2.66. The van der Waals surface area contributed by atoms with E-state index in [9.17, 15) is 0 Å². The number of aryl methyl sites for hydroxylation is 1. The van der Waals surface area contributed by atoms with E-state index in [4.69, 9.17) is 5.73 Å². The van der Waals surface area contributed by atoms with Gasteiger partial charge in [0.1, 0.15) is 0 Å². The number of nitrogens with two attached hydrogens (primary N) is 1. The minimum Gasteiger partial charge on any atom is -0.351 e. The zero-order valence-electron chi connectivity index (χ0n) is 10.8. The van der Waals surface area contributed by atoms with Crippen LogP contribution in [-0.2, 0) is 7.05 Å². The van der Waals surface area contributed by atoms with Crippen molar-refractivity contribution in [1.29, 1.82) is 0 Å². The van der Waals surface area contributed by atoms with E-state index in [1.54, 1.807) is 0 Å². The number of fused-ring (bicyclic) bond motifs is 1. The van der Waals surface area contributed by atoms with Gasteiger partial charge in [0.25, 0.3) is 0 Å². The predicted molar refractivity (Wildman–Crippen MR) is 72.0 cm³/mol. The molecule has 2 atom stereocenters. The van der Waals surface area contributed by atoms with Gasteiger partial charge in [0.15, 0.2) is 0 Å². The highest BCUT2D eigenvalue weighted by Crippen LogP contribution is 2.63. The van der Waals surface area contributed by atoms with Crippen molar-refractivity contribution >= 4 is 10.9 Å². The molecule has 0 radical (unpaired) electrons. The van der Waals surface area contributed by atoms with E-state index in [2.05, 4.69) is 55.9 Å². The second kappa shape index (κ2) is 3.36. The zero-order chi connectivity index (χ0) is 12.2. The van der Waals surface area contributed by atoms with Crippen LogP contribution in [0.2, 0.25) is 0 Å². The summed E-state index contributed by atoms with van der Waals surface area (Å²) in [4.78, 5) is 0. The molecule has 3 rings (SSSR count). The molecule has 1 aromatic heterocycles. The summed E-state index contributed by atoms with van der Waals surface area (Å²) in [5.41, 5.74) is 8.97. The van der Waals surface area contributed by atoms with Crippen molar-refractivity contribution in [3.8, 4) is 0 Å². The van der Waals surface area contributed by atoms with Crippen molar-refractivity contribution in [2.75, 3.05) is 6.54 Å². The summed E-state index contributed by atoms with van der Waals surface area (Å²) < 4.78 is 2.16. The molecule has 0 unspecified atom stereocenters. The van der Waals surface area contributed by atoms with Gasteiger partial charge < -0.3 is 10.3 Å². The Bertz CT molecular complexity index is 565. The van der Waals surface area contributed by atoms with Crippen LogP contribution >= 0.6 is 0 Å². The summed E-state index contributed by atoms with van der Waals surface area (Å²) in [6.07, 6.45) is 2.12. The topological polar surface area (TPSA) is 30.9 Å².